The van der Waals surface area contributed by atoms with Gasteiger partial charge in [-0.05, 0) is 43.5 Å². The van der Waals surface area contributed by atoms with Gasteiger partial charge in [0.25, 0.3) is 0 Å². The Bertz CT molecular complexity index is 923. The van der Waals surface area contributed by atoms with Gasteiger partial charge in [-0.15, -0.1) is 0 Å². The quantitative estimate of drug-likeness (QED) is 0.730. The van der Waals surface area contributed by atoms with Crippen molar-refractivity contribution >= 4 is 32.5 Å². The summed E-state index contributed by atoms with van der Waals surface area (Å²) in [5.41, 5.74) is 1.82. The van der Waals surface area contributed by atoms with Crippen LogP contribution in [-0.4, -0.2) is 55.8 Å². The van der Waals surface area contributed by atoms with Gasteiger partial charge in [-0.3, -0.25) is 4.79 Å². The van der Waals surface area contributed by atoms with Crippen LogP contribution in [0.4, 0.5) is 5.69 Å². The molecule has 8 heteroatoms. The highest BCUT2D eigenvalue weighted by Crippen LogP contribution is 2.24. The zero-order valence-electron chi connectivity index (χ0n) is 16.6. The predicted octanol–water partition coefficient (Wildman–Crippen LogP) is 2.68. The van der Waals surface area contributed by atoms with Crippen molar-refractivity contribution < 1.29 is 17.9 Å². The molecule has 0 spiro atoms. The first kappa shape index (κ1) is 20.8. The first-order chi connectivity index (χ1) is 13.4. The molecule has 1 atom stereocenters. The number of aromatic nitrogens is 1. The molecule has 0 aliphatic carbocycles. The molecule has 1 aromatic carbocycles. The molecule has 3 rings (SSSR count). The summed E-state index contributed by atoms with van der Waals surface area (Å²) < 4.78 is 33.4. The molecule has 1 aliphatic heterocycles. The van der Waals surface area contributed by atoms with Gasteiger partial charge in [-0.2, -0.15) is 0 Å². The second-order valence-electron chi connectivity index (χ2n) is 7.28. The minimum absolute atomic E-state index is 0.116. The van der Waals surface area contributed by atoms with Crippen molar-refractivity contribution in [2.45, 2.75) is 32.7 Å². The Morgan fingerprint density at radius 2 is 2.14 bits per heavy atom. The summed E-state index contributed by atoms with van der Waals surface area (Å²) in [4.78, 5) is 12.7. The van der Waals surface area contributed by atoms with Crippen LogP contribution in [0.25, 0.3) is 10.9 Å². The third kappa shape index (κ3) is 4.74. The highest BCUT2D eigenvalue weighted by atomic mass is 32.2. The summed E-state index contributed by atoms with van der Waals surface area (Å²) in [6.45, 7) is 4.04. The van der Waals surface area contributed by atoms with Gasteiger partial charge < -0.3 is 14.6 Å². The van der Waals surface area contributed by atoms with Gasteiger partial charge in [0.1, 0.15) is 0 Å². The van der Waals surface area contributed by atoms with Crippen LogP contribution in [0.1, 0.15) is 26.2 Å². The number of nitrogens with zero attached hydrogens (tertiary/aromatic N) is 2. The lowest BCUT2D eigenvalue weighted by molar-refractivity contribution is -0.120. The third-order valence-electron chi connectivity index (χ3n) is 5.19. The third-order valence-corrected chi connectivity index (χ3v) is 7.23. The van der Waals surface area contributed by atoms with Crippen molar-refractivity contribution in [3.63, 3.8) is 0 Å². The minimum atomic E-state index is -3.27. The Morgan fingerprint density at radius 1 is 1.32 bits per heavy atom. The van der Waals surface area contributed by atoms with Crippen LogP contribution >= 0.6 is 0 Å². The second kappa shape index (κ2) is 9.07. The summed E-state index contributed by atoms with van der Waals surface area (Å²) in [5, 5.41) is 4.01. The lowest BCUT2D eigenvalue weighted by Gasteiger charge is -2.31. The van der Waals surface area contributed by atoms with E-state index in [1.54, 1.807) is 7.11 Å². The highest BCUT2D eigenvalue weighted by molar-refractivity contribution is 7.89. The van der Waals surface area contributed by atoms with E-state index in [9.17, 15) is 13.2 Å². The number of methoxy groups -OCH3 is 1. The first-order valence-corrected chi connectivity index (χ1v) is 11.4. The fourth-order valence-corrected chi connectivity index (χ4v) is 5.29. The molecule has 1 fully saturated rings. The number of ether oxygens (including phenoxy) is 1. The van der Waals surface area contributed by atoms with Crippen molar-refractivity contribution in [2.75, 3.05) is 37.9 Å². The highest BCUT2D eigenvalue weighted by Gasteiger charge is 2.31. The first-order valence-electron chi connectivity index (χ1n) is 9.81. The van der Waals surface area contributed by atoms with Crippen molar-refractivity contribution in [1.29, 1.82) is 0 Å². The number of benzene rings is 1. The number of carbonyl (C=O) groups excluding carboxylic acids is 1. The maximum absolute atomic E-state index is 12.7. The van der Waals surface area contributed by atoms with Crippen LogP contribution in [0.3, 0.4) is 0 Å². The normalized spacial score (nSPS) is 18.4. The van der Waals surface area contributed by atoms with E-state index in [1.807, 2.05) is 37.4 Å². The maximum Gasteiger partial charge on any atom is 0.228 e. The summed E-state index contributed by atoms with van der Waals surface area (Å²) in [5.74, 6) is -0.296. The lowest BCUT2D eigenvalue weighted by Crippen LogP contribution is -2.44. The van der Waals surface area contributed by atoms with Crippen LogP contribution in [0.2, 0.25) is 0 Å². The van der Waals surface area contributed by atoms with Crippen LogP contribution in [-0.2, 0) is 26.1 Å². The number of hydrogen-bond acceptors (Lipinski definition) is 4. The molecule has 1 aromatic heterocycles. The average Bonchev–Trinajstić information content (AvgIpc) is 3.08. The number of nitrogens with one attached hydrogen (secondary N) is 1. The summed E-state index contributed by atoms with van der Waals surface area (Å²) in [7, 11) is -1.59. The lowest BCUT2D eigenvalue weighted by atomic mass is 9.98. The Kier molecular flexibility index (Phi) is 6.74. The fourth-order valence-electron chi connectivity index (χ4n) is 3.70. The van der Waals surface area contributed by atoms with Crippen LogP contribution in [0.15, 0.2) is 30.5 Å². The number of rotatable bonds is 8. The van der Waals surface area contributed by atoms with E-state index in [4.69, 9.17) is 4.74 Å². The number of carbonyl (C=O) groups is 1. The summed E-state index contributed by atoms with van der Waals surface area (Å²) in [6.07, 6.45) is 4.01. The van der Waals surface area contributed by atoms with E-state index in [0.717, 1.165) is 23.1 Å². The molecule has 154 valence electrons. The number of anilines is 1. The number of amides is 1. The van der Waals surface area contributed by atoms with Gasteiger partial charge in [0, 0.05) is 49.5 Å². The Morgan fingerprint density at radius 3 is 2.89 bits per heavy atom. The van der Waals surface area contributed by atoms with E-state index in [0.29, 0.717) is 32.4 Å². The van der Waals surface area contributed by atoms with Crippen molar-refractivity contribution in [1.82, 2.24) is 8.87 Å². The largest absolute Gasteiger partial charge is 0.383 e. The Hall–Kier alpha value is -1.90. The monoisotopic (exact) mass is 407 g/mol. The van der Waals surface area contributed by atoms with Gasteiger partial charge in [-0.25, -0.2) is 12.7 Å². The van der Waals surface area contributed by atoms with Crippen LogP contribution in [0, 0.1) is 5.92 Å². The van der Waals surface area contributed by atoms with E-state index in [2.05, 4.69) is 9.88 Å². The molecule has 1 unspecified atom stereocenters. The zero-order valence-corrected chi connectivity index (χ0v) is 17.4. The number of sulfonamides is 1. The molecule has 7 nitrogen and oxygen atoms in total. The van der Waals surface area contributed by atoms with E-state index in [-0.39, 0.29) is 24.1 Å². The molecule has 1 aliphatic rings. The van der Waals surface area contributed by atoms with Gasteiger partial charge >= 0.3 is 0 Å². The Labute approximate surface area is 166 Å². The topological polar surface area (TPSA) is 80.6 Å². The summed E-state index contributed by atoms with van der Waals surface area (Å²) >= 11 is 0. The van der Waals surface area contributed by atoms with Crippen LogP contribution in [0.5, 0.6) is 0 Å². The maximum atomic E-state index is 12.7. The molecular formula is C20H29N3O4S. The smallest absolute Gasteiger partial charge is 0.228 e. The zero-order chi connectivity index (χ0) is 20.1. The van der Waals surface area contributed by atoms with Gasteiger partial charge in [0.2, 0.25) is 15.9 Å². The number of fused-ring (bicyclic) bond motifs is 1. The molecule has 1 saturated heterocycles. The fraction of sp³-hybridized carbons (Fsp3) is 0.550. The van der Waals surface area contributed by atoms with Crippen molar-refractivity contribution in [2.24, 2.45) is 5.92 Å². The Balaban J connectivity index is 1.67. The second-order valence-corrected chi connectivity index (χ2v) is 9.37. The number of hydrogen-bond donors (Lipinski definition) is 1. The van der Waals surface area contributed by atoms with Gasteiger partial charge in [0.05, 0.1) is 18.3 Å². The van der Waals surface area contributed by atoms with Crippen molar-refractivity contribution in [3.8, 4) is 0 Å². The van der Waals surface area contributed by atoms with Crippen molar-refractivity contribution in [3.05, 3.63) is 30.5 Å². The standard InChI is InChI=1S/C20H29N3O4S/c1-3-13-28(25,26)23-9-4-5-17(15-23)20(24)21-18-6-7-19-16(14-18)8-10-22(19)11-12-27-2/h6-8,10,14,17H,3-5,9,11-13,15H2,1-2H3,(H,21,24). The molecule has 1 N–H and O–H groups in total. The molecule has 2 heterocycles. The molecule has 2 aromatic rings. The molecule has 0 radical (unpaired) electrons. The average molecular weight is 408 g/mol. The SMILES string of the molecule is CCCS(=O)(=O)N1CCCC(C(=O)Nc2ccc3c(ccn3CCOC)c2)C1. The molecule has 28 heavy (non-hydrogen) atoms. The summed E-state index contributed by atoms with van der Waals surface area (Å²) in [6, 6.07) is 7.84. The molecule has 0 saturated carbocycles. The van der Waals surface area contributed by atoms with Gasteiger partial charge in [-0.1, -0.05) is 6.92 Å². The number of piperidine rings is 1. The molecular weight excluding hydrogens is 378 g/mol. The molecule has 1 amide bonds. The molecule has 0 bridgehead atoms. The predicted molar refractivity (Wildman–Crippen MR) is 111 cm³/mol. The van der Waals surface area contributed by atoms with E-state index >= 15 is 0 Å². The minimum Gasteiger partial charge on any atom is -0.383 e. The van der Waals surface area contributed by atoms with Gasteiger partial charge in [0.15, 0.2) is 0 Å². The van der Waals surface area contributed by atoms with E-state index < -0.39 is 10.0 Å². The van der Waals surface area contributed by atoms with Crippen LogP contribution < -0.4 is 5.32 Å². The van der Waals surface area contributed by atoms with E-state index in [1.165, 1.54) is 4.31 Å².